The van der Waals surface area contributed by atoms with Gasteiger partial charge in [-0.25, -0.2) is 50.5 Å². The molecule has 0 atom stereocenters. The van der Waals surface area contributed by atoms with Crippen molar-refractivity contribution >= 4 is 196 Å². The first-order valence-corrected chi connectivity index (χ1v) is 34.3. The first kappa shape index (κ1) is 94.3. The fourth-order valence-corrected chi connectivity index (χ4v) is 13.8. The smallest absolute Gasteiger partial charge is 0.745 e. The van der Waals surface area contributed by atoms with E-state index >= 15 is 0 Å². The van der Waals surface area contributed by atoms with Gasteiger partial charge in [0.15, 0.2) is 5.75 Å². The Balaban J connectivity index is 0.00000338. The number of benzene rings is 9. The van der Waals surface area contributed by atoms with E-state index in [0.717, 1.165) is 36.4 Å². The maximum Gasteiger partial charge on any atom is 1.00 e. The molecule has 0 amide bonds. The summed E-state index contributed by atoms with van der Waals surface area (Å²) in [7, 11) is -32.9. The van der Waals surface area contributed by atoms with Crippen molar-refractivity contribution in [3.05, 3.63) is 144 Å². The van der Waals surface area contributed by atoms with Gasteiger partial charge in [0.25, 0.3) is 0 Å². The van der Waals surface area contributed by atoms with Gasteiger partial charge in [-0.1, -0.05) is 46.8 Å². The second-order valence-electron chi connectivity index (χ2n) is 19.1. The number of phenols is 2. The molecule has 2 aromatic heterocycles. The van der Waals surface area contributed by atoms with Crippen molar-refractivity contribution in [3.63, 3.8) is 0 Å². The average Bonchev–Trinajstić information content (AvgIpc) is 0.776. The van der Waals surface area contributed by atoms with E-state index in [1.807, 2.05) is 0 Å². The van der Waals surface area contributed by atoms with E-state index in [1.54, 1.807) is 0 Å². The van der Waals surface area contributed by atoms with Crippen molar-refractivity contribution in [2.75, 3.05) is 21.3 Å². The van der Waals surface area contributed by atoms with Crippen molar-refractivity contribution in [3.8, 4) is 11.5 Å². The molecule has 0 aliphatic heterocycles. The fourth-order valence-electron chi connectivity index (χ4n) is 9.33. The topological polar surface area (TPSA) is 559 Å². The van der Waals surface area contributed by atoms with Crippen LogP contribution in [0.5, 0.6) is 11.5 Å². The van der Waals surface area contributed by atoms with E-state index in [2.05, 4.69) is 83.8 Å². The quantitative estimate of drug-likeness (QED) is 0.0201. The van der Waals surface area contributed by atoms with Gasteiger partial charge in [0, 0.05) is 32.4 Å². The second kappa shape index (κ2) is 37.2. The molecule has 102 heavy (non-hydrogen) atoms. The number of aromatic nitrogens is 6. The van der Waals surface area contributed by atoms with E-state index in [4.69, 9.17) is 23.2 Å². The van der Waals surface area contributed by atoms with Gasteiger partial charge in [0.05, 0.1) is 35.9 Å². The second-order valence-corrected chi connectivity index (χ2v) is 27.8. The average molecular weight is 1610 g/mol. The summed E-state index contributed by atoms with van der Waals surface area (Å²) in [6.45, 7) is 0. The number of nitrogens with one attached hydrogen (secondary N) is 4. The Morgan fingerprint density at radius 2 is 0.833 bits per heavy atom. The number of rotatable bonds is 18. The number of anilines is 8. The maximum absolute atomic E-state index is 12.7. The normalized spacial score (nSPS) is 11.8. The summed E-state index contributed by atoms with van der Waals surface area (Å²) >= 11 is 12.6. The van der Waals surface area contributed by atoms with Gasteiger partial charge in [-0.3, -0.25) is 0 Å². The van der Waals surface area contributed by atoms with Crippen LogP contribution in [0.3, 0.4) is 0 Å². The molecule has 0 radical (unpaired) electrons. The van der Waals surface area contributed by atoms with Crippen LogP contribution in [0.15, 0.2) is 171 Å². The Hall–Kier alpha value is -1.92. The van der Waals surface area contributed by atoms with Crippen LogP contribution in [0.1, 0.15) is 0 Å². The van der Waals surface area contributed by atoms with Gasteiger partial charge in [-0.05, 0) is 83.2 Å². The van der Waals surface area contributed by atoms with Crippen LogP contribution in [-0.4, -0.2) is 118 Å². The number of aromatic hydroxyl groups is 2. The Morgan fingerprint density at radius 1 is 0.402 bits per heavy atom. The number of hydrogen-bond acceptors (Lipinski definition) is 34. The van der Waals surface area contributed by atoms with E-state index < -0.39 is 168 Å². The number of phenolic OH excluding ortho intramolecular Hbond substituents is 2. The zero-order valence-corrected chi connectivity index (χ0v) is 75.9. The summed E-state index contributed by atoms with van der Waals surface area (Å²) in [5.74, 6) is -3.71. The van der Waals surface area contributed by atoms with Crippen molar-refractivity contribution in [2.45, 2.75) is 29.4 Å². The SMILES string of the molecule is O=S(=O)([O-])c1cc(Nc2nc(Cl)nc(Nc3ccc(Nc4nc(Cl)nc(Nc5c[c-]cc6cc(S(=O)(=O)[O-])c(N=Nc7ccc8[c-]cccc8c7S(=O)(=O)[O-])c(O)c56)n4)cc3)n2)c2c(O)c(N=Nc3ccc4c(S(=O)(=O)[O-])cccc4c3S(=O)(=O)[O-])c(S(=O)(=O)[O-])cc2c1.[Na+].[Na+].[Na+].[Na+].[Na+].[Na+].[Na+].[Na+]. The Morgan fingerprint density at radius 3 is 1.30 bits per heavy atom. The third kappa shape index (κ3) is 21.6. The standard InChI is InChI=1S/C52H32Cl2N14O20S6.8Na/c53-47-59-49(63-51(61-47)57-32-9-3-6-24-20-37(91(77,78)79)41(43(69)39(24)32)67-65-33-17-11-23-5-1-2-7-29(23)45(33)93(83,84)85)55-26-12-14-27(15-13-26)56-50-60-48(54)62-52(64-50)58-35-22-28(89(71,72)73)19-25-21-38(92(80,81)82)42(44(70)40(25)35)68-66-34-18-16-30-31(46(34)94(86,87)88)8-4-10-36(30)90(74,75)76;;;;;;;;/h1-2,4,6-22,69-70H,(H,71,72,73)(H,74,75,76)(H,77,78,79)(H,80,81,82)(H,83,84,85)(H,86,87,88)(H2,55,57,59,61,63)(H2,56,58,60,62,64);;;;;;;;/q-2;8*+1/p-6. The molecular formula is C52H26Cl2N14Na8O20S6. The Labute approximate surface area is 764 Å². The molecule has 482 valence electrons. The minimum Gasteiger partial charge on any atom is -0.745 e. The molecule has 2 heterocycles. The van der Waals surface area contributed by atoms with Crippen molar-refractivity contribution < 1.29 is 324 Å². The fraction of sp³-hybridized carbons (Fsp3) is 0. The van der Waals surface area contributed by atoms with Gasteiger partial charge < -0.3 is 58.8 Å². The summed E-state index contributed by atoms with van der Waals surface area (Å²) in [4.78, 5) is 17.8. The first-order chi connectivity index (χ1) is 44.0. The number of hydrogen-bond donors (Lipinski definition) is 6. The van der Waals surface area contributed by atoms with E-state index in [-0.39, 0.29) is 293 Å². The maximum atomic E-state index is 12.7. The van der Waals surface area contributed by atoms with Crippen LogP contribution < -0.4 is 258 Å². The number of halogens is 2. The van der Waals surface area contributed by atoms with Crippen LogP contribution >= 0.6 is 23.2 Å². The van der Waals surface area contributed by atoms with Gasteiger partial charge in [-0.2, -0.15) is 53.2 Å². The van der Waals surface area contributed by atoms with Gasteiger partial charge >= 0.3 is 236 Å². The molecule has 34 nitrogen and oxygen atoms in total. The molecular weight excluding hydrogens is 1590 g/mol. The monoisotopic (exact) mass is 1610 g/mol. The molecule has 11 aromatic rings. The number of azo groups is 2. The molecule has 0 bridgehead atoms. The zero-order chi connectivity index (χ0) is 67.8. The molecule has 6 N–H and O–H groups in total. The largest absolute Gasteiger partial charge is 1.00 e. The molecule has 50 heteroatoms. The predicted molar refractivity (Wildman–Crippen MR) is 322 cm³/mol. The molecule has 0 saturated carbocycles. The van der Waals surface area contributed by atoms with Crippen LogP contribution in [0, 0.1) is 12.1 Å². The van der Waals surface area contributed by atoms with E-state index in [0.29, 0.717) is 24.3 Å². The number of fused-ring (bicyclic) bond motifs is 4. The molecule has 0 fully saturated rings. The van der Waals surface area contributed by atoms with Gasteiger partial charge in [0.2, 0.25) is 34.4 Å². The van der Waals surface area contributed by atoms with Crippen LogP contribution in [-0.2, 0) is 60.7 Å². The van der Waals surface area contributed by atoms with Crippen molar-refractivity contribution in [2.24, 2.45) is 20.5 Å². The summed E-state index contributed by atoms with van der Waals surface area (Å²) < 4.78 is 224. The first-order valence-electron chi connectivity index (χ1n) is 25.1. The van der Waals surface area contributed by atoms with E-state index in [1.165, 1.54) is 60.7 Å². The summed E-state index contributed by atoms with van der Waals surface area (Å²) in [6, 6.07) is 27.1. The van der Waals surface area contributed by atoms with Crippen molar-refractivity contribution in [1.29, 1.82) is 0 Å². The molecule has 0 unspecified atom stereocenters. The van der Waals surface area contributed by atoms with Crippen LogP contribution in [0.4, 0.5) is 69.3 Å². The predicted octanol–water partition coefficient (Wildman–Crippen LogP) is -15.8. The molecule has 0 spiro atoms. The van der Waals surface area contributed by atoms with Crippen LogP contribution in [0.25, 0.3) is 43.1 Å². The third-order valence-electron chi connectivity index (χ3n) is 13.1. The van der Waals surface area contributed by atoms with Gasteiger partial charge in [-0.15, -0.1) is 56.4 Å². The van der Waals surface area contributed by atoms with Gasteiger partial charge in [0.1, 0.15) is 83.5 Å². The zero-order valence-electron chi connectivity index (χ0n) is 53.5. The Kier molecular flexibility index (Phi) is 34.4. The number of nitrogens with zero attached hydrogens (tertiary/aromatic N) is 10. The Bertz CT molecular complexity index is 5930. The molecule has 11 rings (SSSR count). The van der Waals surface area contributed by atoms with Crippen molar-refractivity contribution in [1.82, 2.24) is 29.9 Å². The summed E-state index contributed by atoms with van der Waals surface area (Å²) in [5.41, 5.74) is -3.92. The summed E-state index contributed by atoms with van der Waals surface area (Å²) in [6.07, 6.45) is 0. The molecule has 9 aromatic carbocycles. The van der Waals surface area contributed by atoms with Crippen LogP contribution in [0.2, 0.25) is 10.6 Å². The molecule has 0 aliphatic carbocycles. The molecule has 0 saturated heterocycles. The third-order valence-corrected chi connectivity index (χ3v) is 18.7. The minimum atomic E-state index is -5.79. The molecule has 0 aliphatic rings. The summed E-state index contributed by atoms with van der Waals surface area (Å²) in [5, 5.41) is 45.5. The minimum absolute atomic E-state index is 0. The van der Waals surface area contributed by atoms with E-state index in [9.17, 15) is 88.0 Å².